The first-order valence-electron chi connectivity index (χ1n) is 7.30. The molecule has 0 heterocycles. The molecule has 19 heavy (non-hydrogen) atoms. The minimum atomic E-state index is 0.237. The van der Waals surface area contributed by atoms with Crippen LogP contribution in [-0.4, -0.2) is 12.9 Å². The minimum absolute atomic E-state index is 0.237. The third-order valence-corrected chi connectivity index (χ3v) is 3.75. The Morgan fingerprint density at radius 3 is 2.63 bits per heavy atom. The number of carbonyl (C=O) groups is 1. The Labute approximate surface area is 117 Å². The molecule has 1 aromatic carbocycles. The highest BCUT2D eigenvalue weighted by Crippen LogP contribution is 2.23. The molecule has 0 aliphatic heterocycles. The Kier molecular flexibility index (Phi) is 6.61. The lowest BCUT2D eigenvalue weighted by atomic mass is 9.91. The summed E-state index contributed by atoms with van der Waals surface area (Å²) >= 11 is 0. The summed E-state index contributed by atoms with van der Waals surface area (Å²) in [5, 5.41) is 0. The number of hydrogen-bond acceptors (Lipinski definition) is 2. The highest BCUT2D eigenvalue weighted by Gasteiger charge is 2.14. The summed E-state index contributed by atoms with van der Waals surface area (Å²) in [6.07, 6.45) is 5.30. The Hall–Kier alpha value is -1.31. The first kappa shape index (κ1) is 15.7. The summed E-state index contributed by atoms with van der Waals surface area (Å²) in [6, 6.07) is 5.73. The molecule has 1 rings (SSSR count). The molecular formula is C17H26O2. The lowest BCUT2D eigenvalue weighted by Gasteiger charge is -2.14. The van der Waals surface area contributed by atoms with Gasteiger partial charge in [0, 0.05) is 12.0 Å². The molecule has 1 atom stereocenters. The molecular weight excluding hydrogens is 236 g/mol. The molecule has 106 valence electrons. The van der Waals surface area contributed by atoms with Crippen LogP contribution in [0.5, 0.6) is 5.75 Å². The van der Waals surface area contributed by atoms with Crippen LogP contribution in [0.1, 0.15) is 61.9 Å². The van der Waals surface area contributed by atoms with Gasteiger partial charge in [0.1, 0.15) is 5.75 Å². The minimum Gasteiger partial charge on any atom is -0.496 e. The maximum atomic E-state index is 12.3. The third-order valence-electron chi connectivity index (χ3n) is 3.75. The molecule has 0 saturated carbocycles. The second-order valence-corrected chi connectivity index (χ2v) is 5.23. The van der Waals surface area contributed by atoms with Gasteiger partial charge >= 0.3 is 0 Å². The summed E-state index contributed by atoms with van der Waals surface area (Å²) in [4.78, 5) is 12.3. The third kappa shape index (κ3) is 4.70. The summed E-state index contributed by atoms with van der Waals surface area (Å²) in [5.74, 6) is 1.55. The van der Waals surface area contributed by atoms with Crippen molar-refractivity contribution in [3.05, 3.63) is 29.3 Å². The maximum Gasteiger partial charge on any atom is 0.163 e. The SMILES string of the molecule is CCCCC(CC)CC(=O)c1ccc(C)c(OC)c1. The van der Waals surface area contributed by atoms with Gasteiger partial charge in [0.05, 0.1) is 7.11 Å². The standard InChI is InChI=1S/C17H26O2/c1-5-7-8-14(6-2)11-16(18)15-10-9-13(3)17(12-15)19-4/h9-10,12,14H,5-8,11H2,1-4H3. The monoisotopic (exact) mass is 262 g/mol. The molecule has 2 heteroatoms. The van der Waals surface area contributed by atoms with Crippen LogP contribution < -0.4 is 4.74 Å². The van der Waals surface area contributed by atoms with Crippen LogP contribution >= 0.6 is 0 Å². The maximum absolute atomic E-state index is 12.3. The molecule has 0 fully saturated rings. The predicted octanol–water partition coefficient (Wildman–Crippen LogP) is 4.79. The number of unbranched alkanes of at least 4 members (excludes halogenated alkanes) is 1. The van der Waals surface area contributed by atoms with E-state index in [2.05, 4.69) is 13.8 Å². The largest absolute Gasteiger partial charge is 0.496 e. The fourth-order valence-electron chi connectivity index (χ4n) is 2.32. The zero-order valence-corrected chi connectivity index (χ0v) is 12.7. The number of ketones is 1. The molecule has 0 aliphatic carbocycles. The van der Waals surface area contributed by atoms with E-state index in [-0.39, 0.29) is 5.78 Å². The molecule has 0 amide bonds. The zero-order chi connectivity index (χ0) is 14.3. The van der Waals surface area contributed by atoms with Crippen molar-refractivity contribution in [2.45, 2.75) is 52.9 Å². The van der Waals surface area contributed by atoms with Crippen LogP contribution in [0.15, 0.2) is 18.2 Å². The molecule has 0 N–H and O–H groups in total. The fraction of sp³-hybridized carbons (Fsp3) is 0.588. The van der Waals surface area contributed by atoms with Gasteiger partial charge in [-0.25, -0.2) is 0 Å². The summed E-state index contributed by atoms with van der Waals surface area (Å²) in [5.41, 5.74) is 1.84. The molecule has 1 unspecified atom stereocenters. The number of hydrogen-bond donors (Lipinski definition) is 0. The van der Waals surface area contributed by atoms with Crippen LogP contribution in [0.2, 0.25) is 0 Å². The highest BCUT2D eigenvalue weighted by atomic mass is 16.5. The van der Waals surface area contributed by atoms with E-state index in [9.17, 15) is 4.79 Å². The molecule has 0 saturated heterocycles. The molecule has 2 nitrogen and oxygen atoms in total. The van der Waals surface area contributed by atoms with Gasteiger partial charge in [0.2, 0.25) is 0 Å². The Morgan fingerprint density at radius 1 is 1.32 bits per heavy atom. The summed E-state index contributed by atoms with van der Waals surface area (Å²) in [7, 11) is 1.65. The van der Waals surface area contributed by atoms with E-state index in [0.717, 1.165) is 29.7 Å². The Balaban J connectivity index is 2.71. The van der Waals surface area contributed by atoms with E-state index < -0.39 is 0 Å². The Bertz CT molecular complexity index is 410. The normalized spacial score (nSPS) is 12.2. The quantitative estimate of drug-likeness (QED) is 0.629. The number of ether oxygens (including phenoxy) is 1. The van der Waals surface area contributed by atoms with E-state index >= 15 is 0 Å². The van der Waals surface area contributed by atoms with E-state index in [1.54, 1.807) is 7.11 Å². The molecule has 0 spiro atoms. The van der Waals surface area contributed by atoms with Crippen molar-refractivity contribution in [1.29, 1.82) is 0 Å². The number of rotatable bonds is 8. The summed E-state index contributed by atoms with van der Waals surface area (Å²) < 4.78 is 5.28. The fourth-order valence-corrected chi connectivity index (χ4v) is 2.32. The molecule has 0 aliphatic rings. The van der Waals surface area contributed by atoms with Gasteiger partial charge in [-0.05, 0) is 24.5 Å². The lowest BCUT2D eigenvalue weighted by molar-refractivity contribution is 0.0956. The van der Waals surface area contributed by atoms with Crippen molar-refractivity contribution in [3.8, 4) is 5.75 Å². The van der Waals surface area contributed by atoms with Crippen LogP contribution in [0.4, 0.5) is 0 Å². The topological polar surface area (TPSA) is 26.3 Å². The summed E-state index contributed by atoms with van der Waals surface area (Å²) in [6.45, 7) is 6.35. The van der Waals surface area contributed by atoms with Crippen molar-refractivity contribution in [3.63, 3.8) is 0 Å². The van der Waals surface area contributed by atoms with Crippen molar-refractivity contribution >= 4 is 5.78 Å². The van der Waals surface area contributed by atoms with Gasteiger partial charge in [0.15, 0.2) is 5.78 Å². The van der Waals surface area contributed by atoms with Crippen LogP contribution in [-0.2, 0) is 0 Å². The number of aryl methyl sites for hydroxylation is 1. The molecule has 0 bridgehead atoms. The molecule has 0 radical (unpaired) electrons. The van der Waals surface area contributed by atoms with Crippen molar-refractivity contribution in [2.75, 3.05) is 7.11 Å². The first-order valence-corrected chi connectivity index (χ1v) is 7.30. The van der Waals surface area contributed by atoms with Gasteiger partial charge in [0.25, 0.3) is 0 Å². The van der Waals surface area contributed by atoms with E-state index in [1.165, 1.54) is 12.8 Å². The van der Waals surface area contributed by atoms with Gasteiger partial charge < -0.3 is 4.74 Å². The van der Waals surface area contributed by atoms with Gasteiger partial charge in [-0.1, -0.05) is 51.7 Å². The zero-order valence-electron chi connectivity index (χ0n) is 12.7. The predicted molar refractivity (Wildman–Crippen MR) is 80.0 cm³/mol. The molecule has 1 aromatic rings. The average Bonchev–Trinajstić information content (AvgIpc) is 2.43. The van der Waals surface area contributed by atoms with Crippen LogP contribution in [0.3, 0.4) is 0 Å². The number of Topliss-reactive ketones (excluding diaryl/α,β-unsaturated/α-hetero) is 1. The van der Waals surface area contributed by atoms with Gasteiger partial charge in [-0.3, -0.25) is 4.79 Å². The first-order chi connectivity index (χ1) is 9.12. The second-order valence-electron chi connectivity index (χ2n) is 5.23. The van der Waals surface area contributed by atoms with Crippen molar-refractivity contribution in [1.82, 2.24) is 0 Å². The average molecular weight is 262 g/mol. The smallest absolute Gasteiger partial charge is 0.163 e. The van der Waals surface area contributed by atoms with Crippen LogP contribution in [0, 0.1) is 12.8 Å². The second kappa shape index (κ2) is 7.98. The van der Waals surface area contributed by atoms with Crippen molar-refractivity contribution in [2.24, 2.45) is 5.92 Å². The molecule has 0 aromatic heterocycles. The number of methoxy groups -OCH3 is 1. The van der Waals surface area contributed by atoms with Crippen molar-refractivity contribution < 1.29 is 9.53 Å². The van der Waals surface area contributed by atoms with E-state index in [1.807, 2.05) is 25.1 Å². The van der Waals surface area contributed by atoms with Gasteiger partial charge in [-0.15, -0.1) is 0 Å². The Morgan fingerprint density at radius 2 is 2.05 bits per heavy atom. The van der Waals surface area contributed by atoms with E-state index in [4.69, 9.17) is 4.74 Å². The highest BCUT2D eigenvalue weighted by molar-refractivity contribution is 5.96. The number of carbonyl (C=O) groups excluding carboxylic acids is 1. The number of benzene rings is 1. The van der Waals surface area contributed by atoms with Crippen LogP contribution in [0.25, 0.3) is 0 Å². The lowest BCUT2D eigenvalue weighted by Crippen LogP contribution is -2.08. The van der Waals surface area contributed by atoms with E-state index in [0.29, 0.717) is 12.3 Å². The van der Waals surface area contributed by atoms with Gasteiger partial charge in [-0.2, -0.15) is 0 Å².